The van der Waals surface area contributed by atoms with Crippen LogP contribution >= 0.6 is 0 Å². The molecule has 0 radical (unpaired) electrons. The standard InChI is InChI=1S/C25H21F3N2O4/c26-25(27,28)19-12-7-13-20(15-19)30-24(33)23(18-10-5-2-6-11-18)34-22(32)16-29-21(31)14-17-8-3-1-4-9-17/h1-13,15,23H,14,16H2,(H,29,31)(H,30,33). The maximum Gasteiger partial charge on any atom is 0.416 e. The number of esters is 1. The lowest BCUT2D eigenvalue weighted by Crippen LogP contribution is -2.34. The van der Waals surface area contributed by atoms with E-state index in [4.69, 9.17) is 4.74 Å². The number of benzene rings is 3. The van der Waals surface area contributed by atoms with Gasteiger partial charge in [-0.25, -0.2) is 0 Å². The average molecular weight is 470 g/mol. The van der Waals surface area contributed by atoms with Crippen molar-refractivity contribution < 1.29 is 32.3 Å². The predicted octanol–water partition coefficient (Wildman–Crippen LogP) is 4.29. The Morgan fingerprint density at radius 2 is 1.50 bits per heavy atom. The molecule has 0 aromatic heterocycles. The van der Waals surface area contributed by atoms with Crippen LogP contribution in [0.5, 0.6) is 0 Å². The van der Waals surface area contributed by atoms with Gasteiger partial charge in [0.15, 0.2) is 0 Å². The molecule has 176 valence electrons. The Balaban J connectivity index is 1.66. The van der Waals surface area contributed by atoms with E-state index in [2.05, 4.69) is 10.6 Å². The Morgan fingerprint density at radius 3 is 2.15 bits per heavy atom. The molecule has 0 heterocycles. The number of amides is 2. The zero-order valence-corrected chi connectivity index (χ0v) is 17.8. The molecule has 0 saturated carbocycles. The molecule has 3 aromatic carbocycles. The summed E-state index contributed by atoms with van der Waals surface area (Å²) < 4.78 is 44.2. The minimum atomic E-state index is -4.58. The van der Waals surface area contributed by atoms with Crippen molar-refractivity contribution in [3.8, 4) is 0 Å². The largest absolute Gasteiger partial charge is 0.446 e. The smallest absolute Gasteiger partial charge is 0.416 e. The lowest BCUT2D eigenvalue weighted by Gasteiger charge is -2.19. The number of alkyl halides is 3. The van der Waals surface area contributed by atoms with Gasteiger partial charge in [-0.2, -0.15) is 13.2 Å². The summed E-state index contributed by atoms with van der Waals surface area (Å²) in [7, 11) is 0. The van der Waals surface area contributed by atoms with Crippen LogP contribution in [-0.2, 0) is 31.7 Å². The number of carbonyl (C=O) groups excluding carboxylic acids is 3. The summed E-state index contributed by atoms with van der Waals surface area (Å²) in [6, 6.07) is 21.0. The Morgan fingerprint density at radius 1 is 0.853 bits per heavy atom. The highest BCUT2D eigenvalue weighted by molar-refractivity contribution is 5.96. The quantitative estimate of drug-likeness (QED) is 0.481. The van der Waals surface area contributed by atoms with E-state index >= 15 is 0 Å². The van der Waals surface area contributed by atoms with Gasteiger partial charge in [0, 0.05) is 11.3 Å². The van der Waals surface area contributed by atoms with Crippen molar-refractivity contribution in [1.29, 1.82) is 0 Å². The van der Waals surface area contributed by atoms with Crippen LogP contribution in [0.3, 0.4) is 0 Å². The molecule has 6 nitrogen and oxygen atoms in total. The molecule has 3 rings (SSSR count). The molecule has 0 fully saturated rings. The minimum Gasteiger partial charge on any atom is -0.446 e. The summed E-state index contributed by atoms with van der Waals surface area (Å²) in [5.74, 6) is -2.13. The molecule has 2 N–H and O–H groups in total. The van der Waals surface area contributed by atoms with Gasteiger partial charge < -0.3 is 15.4 Å². The fraction of sp³-hybridized carbons (Fsp3) is 0.160. The van der Waals surface area contributed by atoms with Crippen LogP contribution < -0.4 is 10.6 Å². The Hall–Kier alpha value is -4.14. The molecule has 2 amide bonds. The van der Waals surface area contributed by atoms with Crippen molar-refractivity contribution >= 4 is 23.5 Å². The van der Waals surface area contributed by atoms with Crippen molar-refractivity contribution in [3.63, 3.8) is 0 Å². The molecule has 0 bridgehead atoms. The predicted molar refractivity (Wildman–Crippen MR) is 119 cm³/mol. The lowest BCUT2D eigenvalue weighted by molar-refractivity contribution is -0.154. The van der Waals surface area contributed by atoms with Gasteiger partial charge in [0.05, 0.1) is 12.0 Å². The molecule has 1 unspecified atom stereocenters. The molecular weight excluding hydrogens is 449 g/mol. The molecule has 0 spiro atoms. The second kappa shape index (κ2) is 11.1. The molecule has 9 heteroatoms. The SMILES string of the molecule is O=C(Cc1ccccc1)NCC(=O)OC(C(=O)Nc1cccc(C(F)(F)F)c1)c1ccccc1. The summed E-state index contributed by atoms with van der Waals surface area (Å²) in [5.41, 5.74) is 0.0413. The highest BCUT2D eigenvalue weighted by atomic mass is 19.4. The summed E-state index contributed by atoms with van der Waals surface area (Å²) in [6.07, 6.45) is -5.95. The monoisotopic (exact) mass is 470 g/mol. The minimum absolute atomic E-state index is 0.0618. The summed E-state index contributed by atoms with van der Waals surface area (Å²) in [5, 5.41) is 4.78. The van der Waals surface area contributed by atoms with Gasteiger partial charge in [-0.3, -0.25) is 14.4 Å². The second-order valence-electron chi connectivity index (χ2n) is 7.29. The van der Waals surface area contributed by atoms with Crippen molar-refractivity contribution in [2.45, 2.75) is 18.7 Å². The molecule has 1 atom stereocenters. The van der Waals surface area contributed by atoms with Crippen LogP contribution in [0.1, 0.15) is 22.8 Å². The molecule has 0 aliphatic rings. The number of ether oxygens (including phenoxy) is 1. The first-order chi connectivity index (χ1) is 16.2. The summed E-state index contributed by atoms with van der Waals surface area (Å²) in [6.45, 7) is -0.480. The third-order valence-corrected chi connectivity index (χ3v) is 4.68. The van der Waals surface area contributed by atoms with E-state index in [9.17, 15) is 27.6 Å². The van der Waals surface area contributed by atoms with E-state index in [0.717, 1.165) is 23.8 Å². The number of anilines is 1. The maximum atomic E-state index is 13.0. The Bertz CT molecular complexity index is 1140. The zero-order chi connectivity index (χ0) is 24.6. The summed E-state index contributed by atoms with van der Waals surface area (Å²) in [4.78, 5) is 37.3. The molecule has 0 saturated heterocycles. The van der Waals surface area contributed by atoms with Crippen LogP contribution in [0.4, 0.5) is 18.9 Å². The van der Waals surface area contributed by atoms with Crippen molar-refractivity contribution in [2.24, 2.45) is 0 Å². The van der Waals surface area contributed by atoms with Crippen LogP contribution in [0.25, 0.3) is 0 Å². The molecule has 0 aliphatic heterocycles. The van der Waals surface area contributed by atoms with Gasteiger partial charge in [-0.05, 0) is 23.8 Å². The van der Waals surface area contributed by atoms with E-state index in [1.54, 1.807) is 42.5 Å². The van der Waals surface area contributed by atoms with Gasteiger partial charge in [-0.15, -0.1) is 0 Å². The highest BCUT2D eigenvalue weighted by Gasteiger charge is 2.31. The van der Waals surface area contributed by atoms with Crippen LogP contribution in [0.15, 0.2) is 84.9 Å². The molecule has 3 aromatic rings. The van der Waals surface area contributed by atoms with Gasteiger partial charge >= 0.3 is 12.1 Å². The molecular formula is C25H21F3N2O4. The molecule has 0 aliphatic carbocycles. The third kappa shape index (κ3) is 7.19. The highest BCUT2D eigenvalue weighted by Crippen LogP contribution is 2.31. The average Bonchev–Trinajstić information content (AvgIpc) is 2.82. The first-order valence-electron chi connectivity index (χ1n) is 10.3. The van der Waals surface area contributed by atoms with E-state index in [1.165, 1.54) is 18.2 Å². The fourth-order valence-corrected chi connectivity index (χ4v) is 3.07. The van der Waals surface area contributed by atoms with Crippen LogP contribution in [-0.4, -0.2) is 24.3 Å². The van der Waals surface area contributed by atoms with E-state index < -0.39 is 42.2 Å². The van der Waals surface area contributed by atoms with Gasteiger partial charge in [-0.1, -0.05) is 66.7 Å². The van der Waals surface area contributed by atoms with E-state index in [1.807, 2.05) is 6.07 Å². The number of hydrogen-bond donors (Lipinski definition) is 2. The van der Waals surface area contributed by atoms with Gasteiger partial charge in [0.2, 0.25) is 12.0 Å². The fourth-order valence-electron chi connectivity index (χ4n) is 3.07. The normalized spacial score (nSPS) is 11.9. The van der Waals surface area contributed by atoms with Gasteiger partial charge in [0.1, 0.15) is 6.54 Å². The third-order valence-electron chi connectivity index (χ3n) is 4.68. The maximum absolute atomic E-state index is 13.0. The van der Waals surface area contributed by atoms with Gasteiger partial charge in [0.25, 0.3) is 5.91 Å². The van der Waals surface area contributed by atoms with Crippen LogP contribution in [0.2, 0.25) is 0 Å². The Labute approximate surface area is 193 Å². The van der Waals surface area contributed by atoms with Crippen molar-refractivity contribution in [1.82, 2.24) is 5.32 Å². The zero-order valence-electron chi connectivity index (χ0n) is 17.8. The first-order valence-corrected chi connectivity index (χ1v) is 10.3. The van der Waals surface area contributed by atoms with Crippen LogP contribution in [0, 0.1) is 0 Å². The number of rotatable bonds is 8. The Kier molecular flexibility index (Phi) is 8.02. The summed E-state index contributed by atoms with van der Waals surface area (Å²) >= 11 is 0. The second-order valence-corrected chi connectivity index (χ2v) is 7.29. The lowest BCUT2D eigenvalue weighted by atomic mass is 10.1. The number of carbonyl (C=O) groups is 3. The first kappa shape index (κ1) is 24.5. The number of nitrogens with one attached hydrogen (secondary N) is 2. The van der Waals surface area contributed by atoms with E-state index in [0.29, 0.717) is 5.56 Å². The van der Waals surface area contributed by atoms with Crippen molar-refractivity contribution in [2.75, 3.05) is 11.9 Å². The number of halogens is 3. The topological polar surface area (TPSA) is 84.5 Å². The van der Waals surface area contributed by atoms with Crippen molar-refractivity contribution in [3.05, 3.63) is 102 Å². The molecule has 34 heavy (non-hydrogen) atoms. The number of hydrogen-bond acceptors (Lipinski definition) is 4. The van der Waals surface area contributed by atoms with E-state index in [-0.39, 0.29) is 12.1 Å².